The molecule has 4 aromatic carbocycles. The van der Waals surface area contributed by atoms with E-state index >= 15 is 0 Å². The number of hydrogen-bond acceptors (Lipinski definition) is 14. The number of hydrazine groups is 1. The van der Waals surface area contributed by atoms with Gasteiger partial charge in [0.05, 0.1) is 57.6 Å². The van der Waals surface area contributed by atoms with Crippen LogP contribution in [0.4, 0.5) is 24.1 Å². The highest BCUT2D eigenvalue weighted by Gasteiger charge is 2.43. The highest BCUT2D eigenvalue weighted by Crippen LogP contribution is 2.38. The first-order valence-electron chi connectivity index (χ1n) is 24.6. The summed E-state index contributed by atoms with van der Waals surface area (Å²) in [6.45, 7) is 16.0. The van der Waals surface area contributed by atoms with Gasteiger partial charge in [-0.25, -0.2) is 32.6 Å². The molecular formula is C56H62Cl4F2N6O11. The quantitative estimate of drug-likeness (QED) is 0.0238. The van der Waals surface area contributed by atoms with E-state index in [-0.39, 0.29) is 50.7 Å². The summed E-state index contributed by atoms with van der Waals surface area (Å²) in [5, 5.41) is 14.0. The number of halogens is 6. The minimum atomic E-state index is -1.25. The molecule has 1 unspecified atom stereocenters. The van der Waals surface area contributed by atoms with Crippen molar-refractivity contribution in [3.05, 3.63) is 150 Å². The van der Waals surface area contributed by atoms with Crippen LogP contribution in [0.1, 0.15) is 102 Å². The van der Waals surface area contributed by atoms with Crippen molar-refractivity contribution >= 4 is 106 Å². The van der Waals surface area contributed by atoms with Gasteiger partial charge in [-0.1, -0.05) is 70.7 Å². The normalized spacial score (nSPS) is 15.0. The number of aliphatic hydroxyl groups excluding tert-OH is 1. The lowest BCUT2D eigenvalue weighted by Crippen LogP contribution is -2.47. The lowest BCUT2D eigenvalue weighted by atomic mass is 9.88. The fraction of sp³-hybridized carbons (Fsp3) is 0.339. The molecule has 0 spiro atoms. The second-order valence-corrected chi connectivity index (χ2v) is 20.6. The molecule has 1 aromatic heterocycles. The molecule has 7 rings (SSSR count). The van der Waals surface area contributed by atoms with Gasteiger partial charge < -0.3 is 29.5 Å². The molecule has 0 aliphatic carbocycles. The average molecular weight is 1170 g/mol. The van der Waals surface area contributed by atoms with E-state index in [0.29, 0.717) is 66.0 Å². The first kappa shape index (κ1) is 64.7. The van der Waals surface area contributed by atoms with Gasteiger partial charge in [-0.2, -0.15) is 5.10 Å². The van der Waals surface area contributed by atoms with Crippen LogP contribution in [0.25, 0.3) is 23.5 Å². The van der Waals surface area contributed by atoms with Crippen molar-refractivity contribution in [3.63, 3.8) is 0 Å². The molecule has 4 N–H and O–H groups in total. The third kappa shape index (κ3) is 18.6. The predicted octanol–water partition coefficient (Wildman–Crippen LogP) is 12.2. The number of carbonyl (C=O) groups excluding carboxylic acids is 6. The number of benzene rings is 4. The van der Waals surface area contributed by atoms with Crippen LogP contribution in [0.3, 0.4) is 0 Å². The molecule has 0 bridgehead atoms. The molecule has 1 fully saturated rings. The Morgan fingerprint density at radius 2 is 1.20 bits per heavy atom. The number of nitrogens with one attached hydrogen (secondary N) is 1. The van der Waals surface area contributed by atoms with Crippen LogP contribution in [0, 0.1) is 17.6 Å². The molecule has 2 aliphatic heterocycles. The van der Waals surface area contributed by atoms with Crippen LogP contribution in [-0.4, -0.2) is 104 Å². The van der Waals surface area contributed by atoms with Crippen molar-refractivity contribution in [2.75, 3.05) is 38.3 Å². The minimum absolute atomic E-state index is 0.00347. The Bertz CT molecular complexity index is 3050. The van der Waals surface area contributed by atoms with Gasteiger partial charge in [-0.05, 0) is 159 Å². The summed E-state index contributed by atoms with van der Waals surface area (Å²) in [5.41, 5.74) is 4.60. The SMILES string of the molecule is CCO.CCOC(=O)C(=O)C1CCN(C(=O)OC(C)(C)C)/C(=C\c2ccc(F)cc2)C1=O.CCOC(=O)c1nn(-c2ccc(Cl)cc2Cl)c2c1CCN(C(=O)OC(C)(C)C)/C2=C\c1ccc(F)cc1.NNc1ccc(Cl)cc1Cl. The Labute approximate surface area is 477 Å². The Hall–Kier alpha value is -6.87. The van der Waals surface area contributed by atoms with E-state index < -0.39 is 64.4 Å². The molecule has 0 radical (unpaired) electrons. The number of ether oxygens (including phenoxy) is 4. The van der Waals surface area contributed by atoms with Gasteiger partial charge in [-0.3, -0.25) is 25.2 Å². The van der Waals surface area contributed by atoms with Crippen LogP contribution >= 0.6 is 46.4 Å². The summed E-state index contributed by atoms with van der Waals surface area (Å²) >= 11 is 24.0. The molecule has 0 saturated carbocycles. The zero-order valence-corrected chi connectivity index (χ0v) is 48.0. The van der Waals surface area contributed by atoms with Crippen LogP contribution in [0.5, 0.6) is 0 Å². The van der Waals surface area contributed by atoms with Gasteiger partial charge in [0, 0.05) is 35.3 Å². The summed E-state index contributed by atoms with van der Waals surface area (Å²) in [5.74, 6) is -0.292. The van der Waals surface area contributed by atoms with Crippen molar-refractivity contribution in [2.24, 2.45) is 11.8 Å². The fourth-order valence-corrected chi connectivity index (χ4v) is 8.33. The number of nitrogens with zero attached hydrogens (tertiary/aromatic N) is 4. The highest BCUT2D eigenvalue weighted by atomic mass is 35.5. The molecular weight excluding hydrogens is 1110 g/mol. The molecule has 5 aromatic rings. The van der Waals surface area contributed by atoms with E-state index in [0.717, 1.165) is 4.90 Å². The van der Waals surface area contributed by atoms with Gasteiger partial charge in [0.1, 0.15) is 22.8 Å². The molecule has 1 saturated heterocycles. The second kappa shape index (κ2) is 29.4. The Morgan fingerprint density at radius 3 is 1.67 bits per heavy atom. The zero-order valence-electron chi connectivity index (χ0n) is 44.9. The average Bonchev–Trinajstić information content (AvgIpc) is 3.96. The van der Waals surface area contributed by atoms with Crippen molar-refractivity contribution in [1.82, 2.24) is 19.6 Å². The van der Waals surface area contributed by atoms with Gasteiger partial charge >= 0.3 is 24.1 Å². The number of rotatable bonds is 9. The molecule has 1 atom stereocenters. The molecule has 424 valence electrons. The number of carbonyl (C=O) groups is 6. The summed E-state index contributed by atoms with van der Waals surface area (Å²) < 4.78 is 49.3. The van der Waals surface area contributed by atoms with Crippen molar-refractivity contribution in [1.29, 1.82) is 0 Å². The second-order valence-electron chi connectivity index (χ2n) is 19.0. The number of allylic oxidation sites excluding steroid dienone is 1. The predicted molar refractivity (Wildman–Crippen MR) is 300 cm³/mol. The topological polar surface area (TPSA) is 222 Å². The third-order valence-electron chi connectivity index (χ3n) is 10.7. The Kier molecular flexibility index (Phi) is 24.0. The number of nitrogen functional groups attached to an aromatic ring is 1. The Morgan fingerprint density at radius 1 is 0.722 bits per heavy atom. The van der Waals surface area contributed by atoms with Crippen LogP contribution in [0.2, 0.25) is 20.1 Å². The number of aliphatic hydroxyl groups is 1. The number of nitrogens with two attached hydrogens (primary N) is 1. The highest BCUT2D eigenvalue weighted by molar-refractivity contribution is 6.40. The molecule has 79 heavy (non-hydrogen) atoms. The number of Topliss-reactive ketones (excluding diaryl/α,β-unsaturated/α-hetero) is 2. The van der Waals surface area contributed by atoms with E-state index in [1.54, 1.807) is 117 Å². The van der Waals surface area contributed by atoms with Crippen molar-refractivity contribution < 1.29 is 61.6 Å². The third-order valence-corrected chi connectivity index (χ3v) is 11.8. The first-order chi connectivity index (χ1) is 37.2. The van der Waals surface area contributed by atoms with E-state index in [2.05, 4.69) is 10.5 Å². The molecule has 3 heterocycles. The van der Waals surface area contributed by atoms with Crippen LogP contribution < -0.4 is 11.3 Å². The molecule has 17 nitrogen and oxygen atoms in total. The number of ketones is 2. The maximum atomic E-state index is 13.6. The number of anilines is 1. The number of esters is 2. The maximum Gasteiger partial charge on any atom is 0.414 e. The monoisotopic (exact) mass is 1170 g/mol. The summed E-state index contributed by atoms with van der Waals surface area (Å²) in [6, 6.07) is 21.0. The molecule has 2 amide bonds. The number of hydrogen-bond donors (Lipinski definition) is 3. The molecule has 2 aliphatic rings. The van der Waals surface area contributed by atoms with Crippen LogP contribution in [0.15, 0.2) is 90.6 Å². The standard InChI is InChI=1S/C27H26Cl2FN3O4.C21H24FNO6.C6H6Cl2N2.C2H6O/c1-5-36-25(34)23-19-12-13-32(26(35)37-27(2,3)4)22(14-16-6-9-18(30)10-7-16)24(19)33(31-23)21-11-8-17(28)15-20(21)29;1-5-28-19(26)18(25)15-10-11-23(20(27)29-21(2,3)4)16(17(15)24)12-13-6-8-14(22)9-7-13;7-4-1-2-6(10-9)5(8)3-4;1-2-3/h6-11,14-15H,5,12-13H2,1-4H3;6-9,12,15H,5,10-11H2,1-4H3;1-3,10H,9H2;3H,2H2,1H3/b22-14-;16-12-;;. The van der Waals surface area contributed by atoms with Crippen molar-refractivity contribution in [3.8, 4) is 5.69 Å². The number of piperidine rings is 1. The smallest absolute Gasteiger partial charge is 0.414 e. The van der Waals surface area contributed by atoms with E-state index in [1.807, 2.05) is 0 Å². The largest absolute Gasteiger partial charge is 0.461 e. The van der Waals surface area contributed by atoms with Gasteiger partial charge in [0.25, 0.3) is 5.78 Å². The fourth-order valence-electron chi connectivity index (χ4n) is 7.38. The van der Waals surface area contributed by atoms with E-state index in [1.165, 1.54) is 52.1 Å². The van der Waals surface area contributed by atoms with Crippen LogP contribution in [-0.2, 0) is 39.8 Å². The van der Waals surface area contributed by atoms with E-state index in [4.69, 9.17) is 76.3 Å². The summed E-state index contributed by atoms with van der Waals surface area (Å²) in [4.78, 5) is 78.6. The van der Waals surface area contributed by atoms with Gasteiger partial charge in [0.2, 0.25) is 0 Å². The zero-order chi connectivity index (χ0) is 58.9. The van der Waals surface area contributed by atoms with Gasteiger partial charge in [-0.15, -0.1) is 0 Å². The first-order valence-corrected chi connectivity index (χ1v) is 26.2. The number of fused-ring (bicyclic) bond motifs is 1. The minimum Gasteiger partial charge on any atom is -0.461 e. The number of likely N-dealkylation sites (tertiary alicyclic amines) is 1. The van der Waals surface area contributed by atoms with Crippen molar-refractivity contribution in [2.45, 2.75) is 86.4 Å². The number of amides is 2. The number of aromatic nitrogens is 2. The summed E-state index contributed by atoms with van der Waals surface area (Å²) in [6.07, 6.45) is 2.06. The molecule has 23 heteroatoms. The lowest BCUT2D eigenvalue weighted by Gasteiger charge is -2.33. The van der Waals surface area contributed by atoms with E-state index in [9.17, 15) is 37.5 Å². The Balaban J connectivity index is 0.000000283. The lowest BCUT2D eigenvalue weighted by molar-refractivity contribution is -0.157. The van der Waals surface area contributed by atoms with Gasteiger partial charge in [0.15, 0.2) is 11.5 Å². The maximum absolute atomic E-state index is 13.6. The summed E-state index contributed by atoms with van der Waals surface area (Å²) in [7, 11) is 0.